The summed E-state index contributed by atoms with van der Waals surface area (Å²) < 4.78 is 59.2. The van der Waals surface area contributed by atoms with Crippen LogP contribution in [-0.4, -0.2) is 11.1 Å². The van der Waals surface area contributed by atoms with Gasteiger partial charge >= 0.3 is 5.97 Å². The maximum atomic E-state index is 13.9. The molecule has 0 aliphatic rings. The Morgan fingerprint density at radius 2 is 1.76 bits per heavy atom. The van der Waals surface area contributed by atoms with Crippen molar-refractivity contribution in [3.05, 3.63) is 69.4 Å². The molecule has 3 rings (SSSR count). The molecule has 0 unspecified atom stereocenters. The molecule has 0 spiro atoms. The van der Waals surface area contributed by atoms with Gasteiger partial charge in [0.15, 0.2) is 28.7 Å². The highest BCUT2D eigenvalue weighted by molar-refractivity contribution is 5.85. The SMILES string of the molecule is O=C(O)Cc1cccc2c(=O)cc(-c3cc(F)c(F)c(F)c3F)oc12. The summed E-state index contributed by atoms with van der Waals surface area (Å²) in [4.78, 5) is 23.1. The van der Waals surface area contributed by atoms with Crippen molar-refractivity contribution >= 4 is 16.9 Å². The maximum Gasteiger partial charge on any atom is 0.307 e. The molecule has 0 atom stereocenters. The van der Waals surface area contributed by atoms with Gasteiger partial charge in [-0.3, -0.25) is 9.59 Å². The normalized spacial score (nSPS) is 11.0. The van der Waals surface area contributed by atoms with E-state index >= 15 is 0 Å². The first-order chi connectivity index (χ1) is 11.8. The van der Waals surface area contributed by atoms with Crippen molar-refractivity contribution in [1.82, 2.24) is 0 Å². The highest BCUT2D eigenvalue weighted by Crippen LogP contribution is 2.30. The molecule has 1 aromatic heterocycles. The molecule has 0 saturated carbocycles. The summed E-state index contributed by atoms with van der Waals surface area (Å²) in [6.45, 7) is 0. The summed E-state index contributed by atoms with van der Waals surface area (Å²) in [5.74, 6) is -9.17. The minimum Gasteiger partial charge on any atom is -0.481 e. The van der Waals surface area contributed by atoms with E-state index in [4.69, 9.17) is 9.52 Å². The second-order valence-electron chi connectivity index (χ2n) is 5.19. The van der Waals surface area contributed by atoms with Crippen LogP contribution in [0.3, 0.4) is 0 Å². The van der Waals surface area contributed by atoms with Gasteiger partial charge in [0.05, 0.1) is 17.4 Å². The van der Waals surface area contributed by atoms with E-state index in [1.165, 1.54) is 18.2 Å². The van der Waals surface area contributed by atoms with Gasteiger partial charge < -0.3 is 9.52 Å². The smallest absolute Gasteiger partial charge is 0.307 e. The van der Waals surface area contributed by atoms with Crippen molar-refractivity contribution in [1.29, 1.82) is 0 Å². The number of benzene rings is 2. The zero-order chi connectivity index (χ0) is 18.3. The number of carboxylic acids is 1. The van der Waals surface area contributed by atoms with E-state index in [0.29, 0.717) is 6.07 Å². The quantitative estimate of drug-likeness (QED) is 0.444. The van der Waals surface area contributed by atoms with Gasteiger partial charge in [-0.2, -0.15) is 0 Å². The van der Waals surface area contributed by atoms with Gasteiger partial charge in [-0.15, -0.1) is 0 Å². The van der Waals surface area contributed by atoms with Crippen LogP contribution in [0.4, 0.5) is 17.6 Å². The van der Waals surface area contributed by atoms with Gasteiger partial charge in [-0.1, -0.05) is 12.1 Å². The van der Waals surface area contributed by atoms with E-state index in [9.17, 15) is 27.2 Å². The van der Waals surface area contributed by atoms with Gasteiger partial charge in [0.25, 0.3) is 0 Å². The molecule has 0 amide bonds. The molecule has 8 heteroatoms. The Morgan fingerprint density at radius 3 is 2.44 bits per heavy atom. The Bertz CT molecular complexity index is 1070. The average molecular weight is 352 g/mol. The van der Waals surface area contributed by atoms with Gasteiger partial charge in [0.1, 0.15) is 11.3 Å². The van der Waals surface area contributed by atoms with Crippen molar-refractivity contribution < 1.29 is 31.9 Å². The summed E-state index contributed by atoms with van der Waals surface area (Å²) in [5, 5.41) is 8.93. The van der Waals surface area contributed by atoms with Crippen molar-refractivity contribution in [2.45, 2.75) is 6.42 Å². The number of halogens is 4. The first kappa shape index (κ1) is 16.7. The molecule has 0 bridgehead atoms. The highest BCUT2D eigenvalue weighted by Gasteiger charge is 2.22. The van der Waals surface area contributed by atoms with Crippen LogP contribution < -0.4 is 5.43 Å². The van der Waals surface area contributed by atoms with Gasteiger partial charge in [-0.05, 0) is 12.1 Å². The Morgan fingerprint density at radius 1 is 1.04 bits per heavy atom. The minimum atomic E-state index is -2.04. The van der Waals surface area contributed by atoms with Crippen molar-refractivity contribution in [3.63, 3.8) is 0 Å². The largest absolute Gasteiger partial charge is 0.481 e. The fraction of sp³-hybridized carbons (Fsp3) is 0.0588. The van der Waals surface area contributed by atoms with Crippen molar-refractivity contribution in [2.75, 3.05) is 0 Å². The second kappa shape index (κ2) is 6.04. The second-order valence-corrected chi connectivity index (χ2v) is 5.19. The third-order valence-electron chi connectivity index (χ3n) is 3.55. The number of rotatable bonds is 3. The summed E-state index contributed by atoms with van der Waals surface area (Å²) in [5.41, 5.74) is -1.50. The fourth-order valence-corrected chi connectivity index (χ4v) is 2.42. The van der Waals surface area contributed by atoms with Crippen LogP contribution in [-0.2, 0) is 11.2 Å². The zero-order valence-electron chi connectivity index (χ0n) is 12.3. The fourth-order valence-electron chi connectivity index (χ4n) is 2.42. The van der Waals surface area contributed by atoms with Crippen LogP contribution in [0.5, 0.6) is 0 Å². The Kier molecular flexibility index (Phi) is 4.03. The molecule has 1 N–H and O–H groups in total. The average Bonchev–Trinajstić information content (AvgIpc) is 2.56. The minimum absolute atomic E-state index is 0.0194. The van der Waals surface area contributed by atoms with E-state index in [0.717, 1.165) is 6.07 Å². The predicted octanol–water partition coefficient (Wildman–Crippen LogP) is 3.64. The first-order valence-corrected chi connectivity index (χ1v) is 6.90. The number of aliphatic carboxylic acids is 1. The van der Waals surface area contributed by atoms with Crippen LogP contribution >= 0.6 is 0 Å². The van der Waals surface area contributed by atoms with E-state index < -0.39 is 52.4 Å². The Labute approximate surface area is 136 Å². The predicted molar refractivity (Wildman–Crippen MR) is 79.1 cm³/mol. The lowest BCUT2D eigenvalue weighted by molar-refractivity contribution is -0.136. The Balaban J connectivity index is 2.32. The molecular formula is C17H8F4O4. The standard InChI is InChI=1S/C17H8F4O4/c18-10-5-9(14(19)16(21)15(10)20)12-6-11(22)8-3-1-2-7(4-13(23)24)17(8)25-12/h1-3,5-6H,4H2,(H,23,24). The molecule has 0 aliphatic carbocycles. The molecule has 3 aromatic rings. The van der Waals surface area contributed by atoms with Crippen LogP contribution in [0.1, 0.15) is 5.56 Å². The van der Waals surface area contributed by atoms with Crippen LogP contribution in [0, 0.1) is 23.3 Å². The summed E-state index contributed by atoms with van der Waals surface area (Å²) in [6.07, 6.45) is -0.488. The molecule has 128 valence electrons. The zero-order valence-corrected chi connectivity index (χ0v) is 12.3. The molecule has 0 radical (unpaired) electrons. The van der Waals surface area contributed by atoms with Gasteiger partial charge in [0, 0.05) is 11.6 Å². The number of fused-ring (bicyclic) bond motifs is 1. The first-order valence-electron chi connectivity index (χ1n) is 6.90. The third kappa shape index (κ3) is 2.86. The number of carboxylic acid groups (broad SMARTS) is 1. The molecular weight excluding hydrogens is 344 g/mol. The third-order valence-corrected chi connectivity index (χ3v) is 3.55. The van der Waals surface area contributed by atoms with Crippen molar-refractivity contribution in [2.24, 2.45) is 0 Å². The van der Waals surface area contributed by atoms with Crippen LogP contribution in [0.25, 0.3) is 22.3 Å². The lowest BCUT2D eigenvalue weighted by Gasteiger charge is -2.08. The monoisotopic (exact) mass is 352 g/mol. The van der Waals surface area contributed by atoms with Crippen LogP contribution in [0.2, 0.25) is 0 Å². The number of carbonyl (C=O) groups is 1. The molecule has 1 heterocycles. The van der Waals surface area contributed by atoms with Gasteiger partial charge in [0.2, 0.25) is 0 Å². The Hall–Kier alpha value is -3.16. The number of hydrogen-bond donors (Lipinski definition) is 1. The van der Waals surface area contributed by atoms with Crippen LogP contribution in [0.15, 0.2) is 39.5 Å². The van der Waals surface area contributed by atoms with E-state index in [1.807, 2.05) is 0 Å². The van der Waals surface area contributed by atoms with E-state index in [-0.39, 0.29) is 16.5 Å². The molecule has 0 saturated heterocycles. The highest BCUT2D eigenvalue weighted by atomic mass is 19.2. The lowest BCUT2D eigenvalue weighted by atomic mass is 10.1. The molecule has 4 nitrogen and oxygen atoms in total. The summed E-state index contributed by atoms with van der Waals surface area (Å²) >= 11 is 0. The van der Waals surface area contributed by atoms with E-state index in [2.05, 4.69) is 0 Å². The van der Waals surface area contributed by atoms with Crippen molar-refractivity contribution in [3.8, 4) is 11.3 Å². The lowest BCUT2D eigenvalue weighted by Crippen LogP contribution is -2.06. The van der Waals surface area contributed by atoms with E-state index in [1.54, 1.807) is 0 Å². The topological polar surface area (TPSA) is 67.5 Å². The molecule has 0 fully saturated rings. The summed E-state index contributed by atoms with van der Waals surface area (Å²) in [7, 11) is 0. The summed E-state index contributed by atoms with van der Waals surface area (Å²) in [6, 6.07) is 5.33. The molecule has 2 aromatic carbocycles. The number of para-hydroxylation sites is 1. The maximum absolute atomic E-state index is 13.9. The number of hydrogen-bond acceptors (Lipinski definition) is 3. The molecule has 25 heavy (non-hydrogen) atoms. The van der Waals surface area contributed by atoms with Gasteiger partial charge in [-0.25, -0.2) is 17.6 Å². The molecule has 0 aliphatic heterocycles.